The van der Waals surface area contributed by atoms with Crippen molar-refractivity contribution in [1.82, 2.24) is 15.3 Å². The SMILES string of the molecule is Cc1cc(C(=O)NCc2ccc(C)o2)nc(N2CCOCC2)n1. The van der Waals surface area contributed by atoms with E-state index in [0.717, 1.165) is 30.3 Å². The molecule has 0 spiro atoms. The second-order valence-corrected chi connectivity index (χ2v) is 5.49. The molecule has 3 rings (SSSR count). The highest BCUT2D eigenvalue weighted by atomic mass is 16.5. The van der Waals surface area contributed by atoms with Crippen LogP contribution >= 0.6 is 0 Å². The van der Waals surface area contributed by atoms with Crippen LogP contribution in [0.2, 0.25) is 0 Å². The monoisotopic (exact) mass is 316 g/mol. The Morgan fingerprint density at radius 2 is 2.04 bits per heavy atom. The van der Waals surface area contributed by atoms with Gasteiger partial charge in [-0.05, 0) is 32.0 Å². The van der Waals surface area contributed by atoms with Gasteiger partial charge in [-0.3, -0.25) is 4.79 Å². The first kappa shape index (κ1) is 15.5. The van der Waals surface area contributed by atoms with Gasteiger partial charge in [0.05, 0.1) is 19.8 Å². The lowest BCUT2D eigenvalue weighted by Gasteiger charge is -2.27. The molecule has 0 saturated carbocycles. The van der Waals surface area contributed by atoms with Crippen LogP contribution in [0.5, 0.6) is 0 Å². The normalized spacial score (nSPS) is 14.8. The number of nitrogens with one attached hydrogen (secondary N) is 1. The Hall–Kier alpha value is -2.41. The molecule has 7 heteroatoms. The third-order valence-electron chi connectivity index (χ3n) is 3.59. The van der Waals surface area contributed by atoms with Crippen molar-refractivity contribution in [3.05, 3.63) is 41.1 Å². The summed E-state index contributed by atoms with van der Waals surface area (Å²) < 4.78 is 10.8. The first-order chi connectivity index (χ1) is 11.1. The second kappa shape index (κ2) is 6.78. The summed E-state index contributed by atoms with van der Waals surface area (Å²) in [6.07, 6.45) is 0. The maximum absolute atomic E-state index is 12.3. The van der Waals surface area contributed by atoms with Gasteiger partial charge in [0.15, 0.2) is 0 Å². The molecule has 1 fully saturated rings. The van der Waals surface area contributed by atoms with Crippen molar-refractivity contribution in [2.75, 3.05) is 31.2 Å². The van der Waals surface area contributed by atoms with E-state index in [2.05, 4.69) is 15.3 Å². The van der Waals surface area contributed by atoms with Crippen LogP contribution in [-0.4, -0.2) is 42.2 Å². The summed E-state index contributed by atoms with van der Waals surface area (Å²) >= 11 is 0. The number of ether oxygens (including phenoxy) is 1. The first-order valence-electron chi connectivity index (χ1n) is 7.64. The highest BCUT2D eigenvalue weighted by Crippen LogP contribution is 2.12. The lowest BCUT2D eigenvalue weighted by Crippen LogP contribution is -2.38. The average molecular weight is 316 g/mol. The number of nitrogens with zero attached hydrogens (tertiary/aromatic N) is 3. The van der Waals surface area contributed by atoms with Crippen LogP contribution in [0.4, 0.5) is 5.95 Å². The third-order valence-corrected chi connectivity index (χ3v) is 3.59. The fourth-order valence-electron chi connectivity index (χ4n) is 2.41. The molecule has 0 aromatic carbocycles. The molecule has 1 aliphatic rings. The predicted octanol–water partition coefficient (Wildman–Crippen LogP) is 1.45. The number of aryl methyl sites for hydroxylation is 2. The fourth-order valence-corrected chi connectivity index (χ4v) is 2.41. The van der Waals surface area contributed by atoms with Crippen LogP contribution in [0.1, 0.15) is 27.7 Å². The summed E-state index contributed by atoms with van der Waals surface area (Å²) in [5.41, 5.74) is 1.13. The molecule has 23 heavy (non-hydrogen) atoms. The number of anilines is 1. The van der Waals surface area contributed by atoms with Crippen molar-refractivity contribution in [2.24, 2.45) is 0 Å². The van der Waals surface area contributed by atoms with E-state index in [-0.39, 0.29) is 5.91 Å². The van der Waals surface area contributed by atoms with Gasteiger partial charge in [0, 0.05) is 18.8 Å². The minimum atomic E-state index is -0.237. The number of rotatable bonds is 4. The van der Waals surface area contributed by atoms with E-state index in [9.17, 15) is 4.79 Å². The highest BCUT2D eigenvalue weighted by Gasteiger charge is 2.17. The van der Waals surface area contributed by atoms with E-state index in [0.29, 0.717) is 31.4 Å². The Morgan fingerprint density at radius 1 is 1.26 bits per heavy atom. The van der Waals surface area contributed by atoms with Gasteiger partial charge < -0.3 is 19.4 Å². The van der Waals surface area contributed by atoms with E-state index in [1.165, 1.54) is 0 Å². The number of hydrogen-bond acceptors (Lipinski definition) is 6. The largest absolute Gasteiger partial charge is 0.465 e. The standard InChI is InChI=1S/C16H20N4O3/c1-11-9-14(15(21)17-10-13-4-3-12(2)23-13)19-16(18-11)20-5-7-22-8-6-20/h3-4,9H,5-8,10H2,1-2H3,(H,17,21). The van der Waals surface area contributed by atoms with E-state index in [4.69, 9.17) is 9.15 Å². The molecule has 1 saturated heterocycles. The molecule has 0 bridgehead atoms. The van der Waals surface area contributed by atoms with Gasteiger partial charge in [-0.15, -0.1) is 0 Å². The van der Waals surface area contributed by atoms with Gasteiger partial charge in [-0.25, -0.2) is 9.97 Å². The van der Waals surface area contributed by atoms with Gasteiger partial charge in [0.2, 0.25) is 5.95 Å². The Bertz CT molecular complexity index is 692. The van der Waals surface area contributed by atoms with E-state index in [1.807, 2.05) is 30.9 Å². The molecule has 2 aromatic heterocycles. The minimum absolute atomic E-state index is 0.237. The molecular formula is C16H20N4O3. The number of hydrogen-bond donors (Lipinski definition) is 1. The quantitative estimate of drug-likeness (QED) is 0.919. The van der Waals surface area contributed by atoms with Gasteiger partial charge in [0.25, 0.3) is 5.91 Å². The second-order valence-electron chi connectivity index (χ2n) is 5.49. The van der Waals surface area contributed by atoms with Gasteiger partial charge in [-0.2, -0.15) is 0 Å². The molecule has 1 amide bonds. The summed E-state index contributed by atoms with van der Waals surface area (Å²) in [5.74, 6) is 1.88. The molecule has 3 heterocycles. The van der Waals surface area contributed by atoms with Crippen LogP contribution < -0.4 is 10.2 Å². The van der Waals surface area contributed by atoms with Crippen molar-refractivity contribution < 1.29 is 13.9 Å². The van der Waals surface area contributed by atoms with Crippen LogP contribution in [0.3, 0.4) is 0 Å². The number of amides is 1. The number of carbonyl (C=O) groups is 1. The van der Waals surface area contributed by atoms with E-state index < -0.39 is 0 Å². The summed E-state index contributed by atoms with van der Waals surface area (Å²) in [5, 5.41) is 2.82. The zero-order chi connectivity index (χ0) is 16.2. The summed E-state index contributed by atoms with van der Waals surface area (Å²) in [4.78, 5) is 23.2. The number of morpholine rings is 1. The lowest BCUT2D eigenvalue weighted by molar-refractivity contribution is 0.0942. The zero-order valence-electron chi connectivity index (χ0n) is 13.3. The Morgan fingerprint density at radius 3 is 2.74 bits per heavy atom. The summed E-state index contributed by atoms with van der Waals surface area (Å²) in [7, 11) is 0. The molecule has 0 atom stereocenters. The minimum Gasteiger partial charge on any atom is -0.465 e. The summed E-state index contributed by atoms with van der Waals surface area (Å²) in [6, 6.07) is 5.40. The Kier molecular flexibility index (Phi) is 4.57. The van der Waals surface area contributed by atoms with E-state index >= 15 is 0 Å². The number of furan rings is 1. The van der Waals surface area contributed by atoms with Crippen LogP contribution in [0, 0.1) is 13.8 Å². The van der Waals surface area contributed by atoms with Crippen LogP contribution in [0.15, 0.2) is 22.6 Å². The van der Waals surface area contributed by atoms with Crippen molar-refractivity contribution >= 4 is 11.9 Å². The van der Waals surface area contributed by atoms with Crippen molar-refractivity contribution in [3.63, 3.8) is 0 Å². The van der Waals surface area contributed by atoms with Gasteiger partial charge >= 0.3 is 0 Å². The topological polar surface area (TPSA) is 80.5 Å². The van der Waals surface area contributed by atoms with Gasteiger partial charge in [-0.1, -0.05) is 0 Å². The first-order valence-corrected chi connectivity index (χ1v) is 7.64. The molecule has 122 valence electrons. The Labute approximate surface area is 134 Å². The Balaban J connectivity index is 1.70. The van der Waals surface area contributed by atoms with Crippen LogP contribution in [0.25, 0.3) is 0 Å². The molecule has 1 aliphatic heterocycles. The van der Waals surface area contributed by atoms with Crippen molar-refractivity contribution in [3.8, 4) is 0 Å². The number of aromatic nitrogens is 2. The third kappa shape index (κ3) is 3.87. The molecule has 0 unspecified atom stereocenters. The zero-order valence-corrected chi connectivity index (χ0v) is 13.3. The smallest absolute Gasteiger partial charge is 0.270 e. The molecule has 2 aromatic rings. The molecule has 0 aliphatic carbocycles. The van der Waals surface area contributed by atoms with Gasteiger partial charge in [0.1, 0.15) is 17.2 Å². The predicted molar refractivity (Wildman–Crippen MR) is 84.4 cm³/mol. The molecular weight excluding hydrogens is 296 g/mol. The molecule has 7 nitrogen and oxygen atoms in total. The molecule has 0 radical (unpaired) electrons. The number of carbonyl (C=O) groups excluding carboxylic acids is 1. The summed E-state index contributed by atoms with van der Waals surface area (Å²) in [6.45, 7) is 6.83. The maximum atomic E-state index is 12.3. The highest BCUT2D eigenvalue weighted by molar-refractivity contribution is 5.92. The maximum Gasteiger partial charge on any atom is 0.270 e. The fraction of sp³-hybridized carbons (Fsp3) is 0.438. The van der Waals surface area contributed by atoms with Crippen molar-refractivity contribution in [2.45, 2.75) is 20.4 Å². The van der Waals surface area contributed by atoms with Crippen molar-refractivity contribution in [1.29, 1.82) is 0 Å². The van der Waals surface area contributed by atoms with E-state index in [1.54, 1.807) is 6.07 Å². The average Bonchev–Trinajstić information content (AvgIpc) is 2.98. The lowest BCUT2D eigenvalue weighted by atomic mass is 10.3. The molecule has 1 N–H and O–H groups in total. The van der Waals surface area contributed by atoms with Crippen LogP contribution in [-0.2, 0) is 11.3 Å².